The molecule has 0 aromatic rings. The molecule has 0 aromatic heterocycles. The number of hydrogen-bond acceptors (Lipinski definition) is 8. The molecule has 0 radical (unpaired) electrons. The van der Waals surface area contributed by atoms with Crippen molar-refractivity contribution >= 4 is 17.9 Å². The molecular weight excluding hydrogens is 308 g/mol. The van der Waals surface area contributed by atoms with E-state index in [4.69, 9.17) is 23.7 Å². The molecule has 0 aliphatic carbocycles. The maximum absolute atomic E-state index is 11.5. The molecule has 0 aromatic carbocycles. The maximum atomic E-state index is 11.5. The molecule has 0 bridgehead atoms. The van der Waals surface area contributed by atoms with Crippen LogP contribution < -0.4 is 0 Å². The third kappa shape index (κ3) is 4.20. The van der Waals surface area contributed by atoms with Crippen molar-refractivity contribution in [3.63, 3.8) is 0 Å². The molecule has 2 heterocycles. The summed E-state index contributed by atoms with van der Waals surface area (Å²) in [6.45, 7) is 6.09. The smallest absolute Gasteiger partial charge is 0.303 e. The second-order valence-corrected chi connectivity index (χ2v) is 5.88. The topological polar surface area (TPSA) is 97.4 Å². The number of rotatable bonds is 4. The van der Waals surface area contributed by atoms with E-state index in [9.17, 15) is 14.4 Å². The molecule has 130 valence electrons. The van der Waals surface area contributed by atoms with E-state index >= 15 is 0 Å². The lowest BCUT2D eigenvalue weighted by atomic mass is 9.84. The monoisotopic (exact) mass is 330 g/mol. The minimum absolute atomic E-state index is 0.0667. The van der Waals surface area contributed by atoms with Crippen molar-refractivity contribution in [3.8, 4) is 0 Å². The van der Waals surface area contributed by atoms with Crippen LogP contribution in [0, 0.1) is 11.8 Å². The average Bonchev–Trinajstić information content (AvgIpc) is 2.79. The molecule has 2 rings (SSSR count). The predicted octanol–water partition coefficient (Wildman–Crippen LogP) is 0.420. The Morgan fingerprint density at radius 2 is 1.61 bits per heavy atom. The van der Waals surface area contributed by atoms with Crippen LogP contribution in [-0.2, 0) is 38.1 Å². The highest BCUT2D eigenvalue weighted by molar-refractivity contribution is 5.67. The van der Waals surface area contributed by atoms with Gasteiger partial charge in [0, 0.05) is 20.8 Å². The largest absolute Gasteiger partial charge is 0.463 e. The van der Waals surface area contributed by atoms with E-state index in [1.54, 1.807) is 0 Å². The molecule has 0 amide bonds. The molecule has 0 saturated carbocycles. The lowest BCUT2D eigenvalue weighted by Gasteiger charge is -2.43. The summed E-state index contributed by atoms with van der Waals surface area (Å²) in [5.41, 5.74) is 0. The molecular formula is C15H22O8. The van der Waals surface area contributed by atoms with Gasteiger partial charge < -0.3 is 23.7 Å². The van der Waals surface area contributed by atoms with Gasteiger partial charge in [0.15, 0.2) is 12.4 Å². The number of esters is 3. The zero-order valence-corrected chi connectivity index (χ0v) is 13.6. The van der Waals surface area contributed by atoms with E-state index < -0.39 is 42.5 Å². The van der Waals surface area contributed by atoms with Gasteiger partial charge in [-0.3, -0.25) is 14.4 Å². The molecule has 2 fully saturated rings. The van der Waals surface area contributed by atoms with Crippen LogP contribution in [0.4, 0.5) is 0 Å². The lowest BCUT2D eigenvalue weighted by Crippen LogP contribution is -2.58. The Morgan fingerprint density at radius 3 is 2.17 bits per heavy atom. The van der Waals surface area contributed by atoms with Gasteiger partial charge in [-0.25, -0.2) is 0 Å². The highest BCUT2D eigenvalue weighted by Gasteiger charge is 2.55. The lowest BCUT2D eigenvalue weighted by molar-refractivity contribution is -0.270. The summed E-state index contributed by atoms with van der Waals surface area (Å²) in [5, 5.41) is 0. The second kappa shape index (κ2) is 7.27. The first-order valence-electron chi connectivity index (χ1n) is 7.54. The Bertz CT molecular complexity index is 476. The SMILES string of the molecule is CC(=O)OC[C@H]1O[C@@H]2OCC(C)[C@@H]2[C@@H](OC(C)=O)[C@@H]1OC(C)=O. The second-order valence-electron chi connectivity index (χ2n) is 5.88. The summed E-state index contributed by atoms with van der Waals surface area (Å²) in [7, 11) is 0. The zero-order chi connectivity index (χ0) is 17.1. The van der Waals surface area contributed by atoms with Gasteiger partial charge >= 0.3 is 17.9 Å². The van der Waals surface area contributed by atoms with Crippen LogP contribution in [0.25, 0.3) is 0 Å². The van der Waals surface area contributed by atoms with E-state index in [0.717, 1.165) is 0 Å². The Labute approximate surface area is 134 Å². The van der Waals surface area contributed by atoms with Gasteiger partial charge in [-0.1, -0.05) is 6.92 Å². The van der Waals surface area contributed by atoms with Crippen LogP contribution >= 0.6 is 0 Å². The van der Waals surface area contributed by atoms with Crippen LogP contribution in [0.1, 0.15) is 27.7 Å². The van der Waals surface area contributed by atoms with E-state index in [-0.39, 0.29) is 18.4 Å². The van der Waals surface area contributed by atoms with Crippen molar-refractivity contribution in [1.29, 1.82) is 0 Å². The van der Waals surface area contributed by atoms with Crippen molar-refractivity contribution in [2.75, 3.05) is 13.2 Å². The van der Waals surface area contributed by atoms with Crippen LogP contribution in [0.5, 0.6) is 0 Å². The predicted molar refractivity (Wildman–Crippen MR) is 75.0 cm³/mol. The maximum Gasteiger partial charge on any atom is 0.303 e. The molecule has 23 heavy (non-hydrogen) atoms. The Morgan fingerprint density at radius 1 is 1.00 bits per heavy atom. The van der Waals surface area contributed by atoms with Crippen LogP contribution in [-0.4, -0.2) is 55.7 Å². The van der Waals surface area contributed by atoms with Crippen molar-refractivity contribution < 1.29 is 38.1 Å². The summed E-state index contributed by atoms with van der Waals surface area (Å²) in [4.78, 5) is 34.0. The molecule has 0 N–H and O–H groups in total. The van der Waals surface area contributed by atoms with E-state index in [1.165, 1.54) is 20.8 Å². The van der Waals surface area contributed by atoms with Gasteiger partial charge in [-0.2, -0.15) is 0 Å². The fourth-order valence-electron chi connectivity index (χ4n) is 3.03. The summed E-state index contributed by atoms with van der Waals surface area (Å²) in [6, 6.07) is 0. The first-order valence-corrected chi connectivity index (χ1v) is 7.54. The molecule has 2 aliphatic heterocycles. The van der Waals surface area contributed by atoms with Crippen molar-refractivity contribution in [1.82, 2.24) is 0 Å². The van der Waals surface area contributed by atoms with E-state index in [2.05, 4.69) is 0 Å². The van der Waals surface area contributed by atoms with Gasteiger partial charge in [-0.05, 0) is 5.92 Å². The van der Waals surface area contributed by atoms with Crippen molar-refractivity contribution in [2.24, 2.45) is 11.8 Å². The van der Waals surface area contributed by atoms with E-state index in [0.29, 0.717) is 6.61 Å². The number of fused-ring (bicyclic) bond motifs is 1. The average molecular weight is 330 g/mol. The molecule has 8 heteroatoms. The molecule has 2 aliphatic rings. The number of carbonyl (C=O) groups excluding carboxylic acids is 3. The van der Waals surface area contributed by atoms with Gasteiger partial charge in [0.1, 0.15) is 18.8 Å². The van der Waals surface area contributed by atoms with Gasteiger partial charge in [0.2, 0.25) is 0 Å². The first-order chi connectivity index (χ1) is 10.8. The summed E-state index contributed by atoms with van der Waals surface area (Å²) in [5.74, 6) is -1.69. The van der Waals surface area contributed by atoms with E-state index in [1.807, 2.05) is 6.92 Å². The molecule has 6 atom stereocenters. The number of carbonyl (C=O) groups is 3. The van der Waals surface area contributed by atoms with Gasteiger partial charge in [0.25, 0.3) is 0 Å². The highest BCUT2D eigenvalue weighted by Crippen LogP contribution is 2.40. The van der Waals surface area contributed by atoms with Gasteiger partial charge in [-0.15, -0.1) is 0 Å². The van der Waals surface area contributed by atoms with Gasteiger partial charge in [0.05, 0.1) is 12.5 Å². The van der Waals surface area contributed by atoms with Crippen LogP contribution in [0.3, 0.4) is 0 Å². The molecule has 1 unspecified atom stereocenters. The van der Waals surface area contributed by atoms with Crippen LogP contribution in [0.2, 0.25) is 0 Å². The first kappa shape index (κ1) is 17.7. The molecule has 8 nitrogen and oxygen atoms in total. The molecule has 0 spiro atoms. The fourth-order valence-corrected chi connectivity index (χ4v) is 3.03. The Hall–Kier alpha value is -1.67. The highest BCUT2D eigenvalue weighted by atomic mass is 16.7. The normalized spacial score (nSPS) is 36.0. The minimum Gasteiger partial charge on any atom is -0.463 e. The number of ether oxygens (including phenoxy) is 5. The fraction of sp³-hybridized carbons (Fsp3) is 0.800. The minimum atomic E-state index is -0.860. The Balaban J connectivity index is 2.25. The quantitative estimate of drug-likeness (QED) is 0.540. The zero-order valence-electron chi connectivity index (χ0n) is 13.6. The van der Waals surface area contributed by atoms with Crippen molar-refractivity contribution in [2.45, 2.75) is 52.3 Å². The summed E-state index contributed by atoms with van der Waals surface area (Å²) < 4.78 is 27.1. The Kier molecular flexibility index (Phi) is 5.59. The summed E-state index contributed by atoms with van der Waals surface area (Å²) in [6.07, 6.45) is -2.94. The number of hydrogen-bond donors (Lipinski definition) is 0. The standard InChI is InChI=1S/C15H22O8/c1-7-5-20-15-12(7)14(22-10(4)18)13(21-9(3)17)11(23-15)6-19-8(2)16/h7,11-15H,5-6H2,1-4H3/t7?,11-,12-,13-,14-,15+/m1/s1. The van der Waals surface area contributed by atoms with Crippen LogP contribution in [0.15, 0.2) is 0 Å². The van der Waals surface area contributed by atoms with Crippen molar-refractivity contribution in [3.05, 3.63) is 0 Å². The summed E-state index contributed by atoms with van der Waals surface area (Å²) >= 11 is 0. The third-order valence-electron chi connectivity index (χ3n) is 3.93. The molecule has 2 saturated heterocycles. The third-order valence-corrected chi connectivity index (χ3v) is 3.93.